The lowest BCUT2D eigenvalue weighted by molar-refractivity contribution is 0.303. The van der Waals surface area contributed by atoms with Gasteiger partial charge in [-0.25, -0.2) is 4.98 Å². The van der Waals surface area contributed by atoms with Gasteiger partial charge in [-0.05, 0) is 34.5 Å². The van der Waals surface area contributed by atoms with Crippen LogP contribution in [0, 0.1) is 0 Å². The predicted molar refractivity (Wildman–Crippen MR) is 89.3 cm³/mol. The number of rotatable bonds is 12. The first-order valence-electron chi connectivity index (χ1n) is 8.07. The molecule has 0 radical (unpaired) electrons. The second-order valence-corrected chi connectivity index (χ2v) is 6.16. The Bertz CT molecular complexity index is 326. The topological polar surface area (TPSA) is 22.1 Å². The van der Waals surface area contributed by atoms with Crippen LogP contribution >= 0.6 is 15.9 Å². The molecule has 3 heteroatoms. The van der Waals surface area contributed by atoms with Gasteiger partial charge in [0.2, 0.25) is 0 Å². The third-order valence-corrected chi connectivity index (χ3v) is 3.94. The number of hydrogen-bond acceptors (Lipinski definition) is 2. The van der Waals surface area contributed by atoms with E-state index in [0.29, 0.717) is 0 Å². The molecule has 0 aliphatic heterocycles. The zero-order valence-corrected chi connectivity index (χ0v) is 14.3. The van der Waals surface area contributed by atoms with Gasteiger partial charge in [-0.3, -0.25) is 0 Å². The molecular weight excluding hydrogens is 314 g/mol. The largest absolute Gasteiger partial charge is 0.492 e. The van der Waals surface area contributed by atoms with Crippen molar-refractivity contribution in [3.8, 4) is 5.75 Å². The SMILES string of the molecule is CCCCCCCCCCCCOc1ccc(Br)nc1. The van der Waals surface area contributed by atoms with E-state index in [9.17, 15) is 0 Å². The molecule has 1 aromatic heterocycles. The van der Waals surface area contributed by atoms with Crippen LogP contribution in [-0.2, 0) is 0 Å². The van der Waals surface area contributed by atoms with Gasteiger partial charge in [-0.15, -0.1) is 0 Å². The number of pyridine rings is 1. The lowest BCUT2D eigenvalue weighted by Gasteiger charge is -2.05. The molecule has 0 amide bonds. The van der Waals surface area contributed by atoms with Crippen molar-refractivity contribution in [1.82, 2.24) is 4.98 Å². The number of ether oxygens (including phenoxy) is 1. The summed E-state index contributed by atoms with van der Waals surface area (Å²) in [4.78, 5) is 4.14. The normalized spacial score (nSPS) is 10.7. The molecule has 2 nitrogen and oxygen atoms in total. The third-order valence-electron chi connectivity index (χ3n) is 3.47. The second-order valence-electron chi connectivity index (χ2n) is 5.35. The summed E-state index contributed by atoms with van der Waals surface area (Å²) >= 11 is 3.32. The number of halogens is 1. The number of aromatic nitrogens is 1. The summed E-state index contributed by atoms with van der Waals surface area (Å²) in [5.41, 5.74) is 0. The molecule has 0 aliphatic carbocycles. The van der Waals surface area contributed by atoms with Crippen molar-refractivity contribution in [2.75, 3.05) is 6.61 Å². The Morgan fingerprint density at radius 2 is 1.50 bits per heavy atom. The van der Waals surface area contributed by atoms with E-state index in [0.717, 1.165) is 23.4 Å². The molecule has 114 valence electrons. The average molecular weight is 342 g/mol. The Hall–Kier alpha value is -0.570. The Labute approximate surface area is 132 Å². The zero-order valence-electron chi connectivity index (χ0n) is 12.7. The van der Waals surface area contributed by atoms with Crippen molar-refractivity contribution >= 4 is 15.9 Å². The van der Waals surface area contributed by atoms with Crippen LogP contribution in [0.1, 0.15) is 71.1 Å². The van der Waals surface area contributed by atoms with Crippen LogP contribution < -0.4 is 4.74 Å². The van der Waals surface area contributed by atoms with Crippen molar-refractivity contribution in [1.29, 1.82) is 0 Å². The highest BCUT2D eigenvalue weighted by Crippen LogP contribution is 2.14. The standard InChI is InChI=1S/C17H28BrNO/c1-2-3-4-5-6-7-8-9-10-11-14-20-16-12-13-17(18)19-15-16/h12-13,15H,2-11,14H2,1H3. The van der Waals surface area contributed by atoms with E-state index in [-0.39, 0.29) is 0 Å². The molecule has 1 aromatic rings. The van der Waals surface area contributed by atoms with E-state index in [4.69, 9.17) is 4.74 Å². The molecule has 0 saturated carbocycles. The van der Waals surface area contributed by atoms with Crippen molar-refractivity contribution in [2.24, 2.45) is 0 Å². The summed E-state index contributed by atoms with van der Waals surface area (Å²) in [6, 6.07) is 3.86. The summed E-state index contributed by atoms with van der Waals surface area (Å²) in [6.07, 6.45) is 15.3. The van der Waals surface area contributed by atoms with Gasteiger partial charge in [0.15, 0.2) is 0 Å². The van der Waals surface area contributed by atoms with E-state index in [1.165, 1.54) is 57.8 Å². The molecule has 1 rings (SSSR count). The van der Waals surface area contributed by atoms with Crippen molar-refractivity contribution < 1.29 is 4.74 Å². The fourth-order valence-electron chi connectivity index (χ4n) is 2.23. The van der Waals surface area contributed by atoms with Crippen molar-refractivity contribution in [2.45, 2.75) is 71.1 Å². The van der Waals surface area contributed by atoms with Crippen molar-refractivity contribution in [3.05, 3.63) is 22.9 Å². The van der Waals surface area contributed by atoms with Gasteiger partial charge in [-0.2, -0.15) is 0 Å². The Balaban J connectivity index is 1.84. The van der Waals surface area contributed by atoms with Crippen LogP contribution in [0.2, 0.25) is 0 Å². The third kappa shape index (κ3) is 9.35. The van der Waals surface area contributed by atoms with Crippen LogP contribution in [0.25, 0.3) is 0 Å². The highest BCUT2D eigenvalue weighted by molar-refractivity contribution is 9.10. The Morgan fingerprint density at radius 3 is 2.05 bits per heavy atom. The smallest absolute Gasteiger partial charge is 0.137 e. The van der Waals surface area contributed by atoms with Gasteiger partial charge in [0, 0.05) is 0 Å². The molecule has 0 fully saturated rings. The summed E-state index contributed by atoms with van der Waals surface area (Å²) in [7, 11) is 0. The van der Waals surface area contributed by atoms with Crippen LogP contribution in [0.3, 0.4) is 0 Å². The minimum Gasteiger partial charge on any atom is -0.492 e. The minimum absolute atomic E-state index is 0.805. The molecule has 0 unspecified atom stereocenters. The Morgan fingerprint density at radius 1 is 0.900 bits per heavy atom. The van der Waals surface area contributed by atoms with Gasteiger partial charge in [0.05, 0.1) is 12.8 Å². The predicted octanol–water partition coefficient (Wildman–Crippen LogP) is 6.14. The number of hydrogen-bond donors (Lipinski definition) is 0. The molecule has 0 aliphatic rings. The molecular formula is C17H28BrNO. The summed E-state index contributed by atoms with van der Waals surface area (Å²) in [5.74, 6) is 0.865. The van der Waals surface area contributed by atoms with Gasteiger partial charge in [0.1, 0.15) is 10.4 Å². The maximum atomic E-state index is 5.65. The fourth-order valence-corrected chi connectivity index (χ4v) is 2.46. The number of nitrogens with zero attached hydrogens (tertiary/aromatic N) is 1. The Kier molecular flexibility index (Phi) is 10.7. The van der Waals surface area contributed by atoms with Crippen LogP contribution in [0.4, 0.5) is 0 Å². The lowest BCUT2D eigenvalue weighted by Crippen LogP contribution is -1.97. The van der Waals surface area contributed by atoms with E-state index in [1.54, 1.807) is 6.20 Å². The van der Waals surface area contributed by atoms with Gasteiger partial charge >= 0.3 is 0 Å². The van der Waals surface area contributed by atoms with E-state index in [2.05, 4.69) is 27.8 Å². The van der Waals surface area contributed by atoms with Crippen LogP contribution in [0.15, 0.2) is 22.9 Å². The molecule has 0 atom stereocenters. The van der Waals surface area contributed by atoms with E-state index >= 15 is 0 Å². The second kappa shape index (κ2) is 12.2. The molecule has 0 spiro atoms. The quantitative estimate of drug-likeness (QED) is 0.336. The lowest BCUT2D eigenvalue weighted by atomic mass is 10.1. The molecule has 0 saturated heterocycles. The van der Waals surface area contributed by atoms with Gasteiger partial charge in [0.25, 0.3) is 0 Å². The summed E-state index contributed by atoms with van der Waals surface area (Å²) in [6.45, 7) is 3.08. The first-order chi connectivity index (χ1) is 9.83. The first-order valence-corrected chi connectivity index (χ1v) is 8.86. The summed E-state index contributed by atoms with van der Waals surface area (Å²) < 4.78 is 6.50. The first kappa shape index (κ1) is 17.5. The molecule has 0 N–H and O–H groups in total. The highest BCUT2D eigenvalue weighted by atomic mass is 79.9. The average Bonchev–Trinajstić information content (AvgIpc) is 2.47. The monoisotopic (exact) mass is 341 g/mol. The van der Waals surface area contributed by atoms with Crippen LogP contribution in [0.5, 0.6) is 5.75 Å². The highest BCUT2D eigenvalue weighted by Gasteiger charge is 1.96. The van der Waals surface area contributed by atoms with E-state index in [1.807, 2.05) is 12.1 Å². The van der Waals surface area contributed by atoms with Crippen LogP contribution in [-0.4, -0.2) is 11.6 Å². The number of unbranched alkanes of at least 4 members (excludes halogenated alkanes) is 9. The molecule has 20 heavy (non-hydrogen) atoms. The maximum Gasteiger partial charge on any atom is 0.137 e. The minimum atomic E-state index is 0.805. The summed E-state index contributed by atoms with van der Waals surface area (Å²) in [5, 5.41) is 0. The molecule has 0 bridgehead atoms. The van der Waals surface area contributed by atoms with Crippen molar-refractivity contribution in [3.63, 3.8) is 0 Å². The maximum absolute atomic E-state index is 5.65. The molecule has 1 heterocycles. The van der Waals surface area contributed by atoms with E-state index < -0.39 is 0 Å². The van der Waals surface area contributed by atoms with Gasteiger partial charge < -0.3 is 4.74 Å². The molecule has 0 aromatic carbocycles. The fraction of sp³-hybridized carbons (Fsp3) is 0.706. The van der Waals surface area contributed by atoms with Gasteiger partial charge in [-0.1, -0.05) is 64.7 Å². The zero-order chi connectivity index (χ0) is 14.5.